The molecule has 0 aromatic heterocycles. The summed E-state index contributed by atoms with van der Waals surface area (Å²) in [7, 11) is -2.54. The van der Waals surface area contributed by atoms with Crippen molar-refractivity contribution in [2.24, 2.45) is 5.14 Å². The number of ether oxygens (including phenoxy) is 2. The Kier molecular flexibility index (Phi) is 5.26. The van der Waals surface area contributed by atoms with E-state index < -0.39 is 16.0 Å². The van der Waals surface area contributed by atoms with Crippen molar-refractivity contribution in [3.8, 4) is 5.75 Å². The highest BCUT2D eigenvalue weighted by Crippen LogP contribution is 2.23. The maximum absolute atomic E-state index is 12.3. The minimum atomic E-state index is -3.93. The number of hydrogen-bond acceptors (Lipinski definition) is 5. The molecular weight excluding hydrogens is 330 g/mol. The van der Waals surface area contributed by atoms with E-state index in [2.05, 4.69) is 0 Å². The van der Waals surface area contributed by atoms with Crippen LogP contribution in [0, 0.1) is 13.8 Å². The molecule has 0 saturated carbocycles. The molecule has 0 aliphatic rings. The lowest BCUT2D eigenvalue weighted by atomic mass is 10.1. The number of rotatable bonds is 5. The first-order valence-corrected chi connectivity index (χ1v) is 8.71. The molecule has 128 valence electrons. The number of nitrogens with two attached hydrogens (primary N) is 1. The fourth-order valence-electron chi connectivity index (χ4n) is 2.20. The van der Waals surface area contributed by atoms with Crippen molar-refractivity contribution in [2.75, 3.05) is 7.11 Å². The number of carbonyl (C=O) groups excluding carboxylic acids is 1. The molecular formula is C17H19NO5S. The molecule has 0 heterocycles. The van der Waals surface area contributed by atoms with Gasteiger partial charge in [0.05, 0.1) is 12.0 Å². The molecule has 6 nitrogen and oxygen atoms in total. The van der Waals surface area contributed by atoms with Crippen molar-refractivity contribution in [3.05, 3.63) is 58.7 Å². The summed E-state index contributed by atoms with van der Waals surface area (Å²) in [5.74, 6) is -0.466. The fraction of sp³-hybridized carbons (Fsp3) is 0.235. The Morgan fingerprint density at radius 3 is 2.46 bits per heavy atom. The summed E-state index contributed by atoms with van der Waals surface area (Å²) < 4.78 is 33.3. The Balaban J connectivity index is 2.27. The van der Waals surface area contributed by atoms with Crippen LogP contribution in [0.15, 0.2) is 41.3 Å². The third-order valence-corrected chi connectivity index (χ3v) is 4.49. The van der Waals surface area contributed by atoms with Gasteiger partial charge in [0.15, 0.2) is 0 Å². The number of benzene rings is 2. The van der Waals surface area contributed by atoms with Gasteiger partial charge in [-0.25, -0.2) is 18.4 Å². The first kappa shape index (κ1) is 18.0. The van der Waals surface area contributed by atoms with Crippen molar-refractivity contribution in [1.82, 2.24) is 0 Å². The third-order valence-electron chi connectivity index (χ3n) is 3.58. The smallest absolute Gasteiger partial charge is 0.342 e. The maximum atomic E-state index is 12.3. The van der Waals surface area contributed by atoms with Gasteiger partial charge in [0, 0.05) is 0 Å². The van der Waals surface area contributed by atoms with Gasteiger partial charge in [0.25, 0.3) is 0 Å². The van der Waals surface area contributed by atoms with Crippen LogP contribution >= 0.6 is 0 Å². The quantitative estimate of drug-likeness (QED) is 0.836. The van der Waals surface area contributed by atoms with Crippen LogP contribution in [0.3, 0.4) is 0 Å². The van der Waals surface area contributed by atoms with Gasteiger partial charge in [-0.1, -0.05) is 23.8 Å². The molecule has 0 fully saturated rings. The topological polar surface area (TPSA) is 95.7 Å². The van der Waals surface area contributed by atoms with Crippen LogP contribution in [-0.4, -0.2) is 21.5 Å². The lowest BCUT2D eigenvalue weighted by Crippen LogP contribution is -2.14. The maximum Gasteiger partial charge on any atom is 0.342 e. The van der Waals surface area contributed by atoms with E-state index in [0.717, 1.165) is 22.8 Å². The normalized spacial score (nSPS) is 11.2. The van der Waals surface area contributed by atoms with E-state index in [-0.39, 0.29) is 22.8 Å². The Morgan fingerprint density at radius 1 is 1.12 bits per heavy atom. The zero-order valence-electron chi connectivity index (χ0n) is 13.7. The number of aryl methyl sites for hydroxylation is 2. The minimum Gasteiger partial charge on any atom is -0.496 e. The highest BCUT2D eigenvalue weighted by Gasteiger charge is 2.18. The van der Waals surface area contributed by atoms with Crippen molar-refractivity contribution >= 4 is 16.0 Å². The summed E-state index contributed by atoms with van der Waals surface area (Å²) in [5, 5.41) is 5.10. The molecule has 0 amide bonds. The molecule has 0 saturated heterocycles. The Morgan fingerprint density at radius 2 is 1.83 bits per heavy atom. The number of sulfonamides is 1. The minimum absolute atomic E-state index is 0.00864. The molecule has 2 aromatic carbocycles. The second-order valence-electron chi connectivity index (χ2n) is 5.41. The van der Waals surface area contributed by atoms with Gasteiger partial charge in [-0.3, -0.25) is 0 Å². The number of methoxy groups -OCH3 is 1. The average Bonchev–Trinajstić information content (AvgIpc) is 2.53. The molecule has 0 unspecified atom stereocenters. The van der Waals surface area contributed by atoms with Crippen molar-refractivity contribution in [1.29, 1.82) is 0 Å². The van der Waals surface area contributed by atoms with Crippen LogP contribution in [0.4, 0.5) is 0 Å². The number of carbonyl (C=O) groups is 1. The second kappa shape index (κ2) is 7.02. The zero-order chi connectivity index (χ0) is 17.9. The molecule has 0 aliphatic heterocycles. The summed E-state index contributed by atoms with van der Waals surface area (Å²) in [6, 6.07) is 9.64. The molecule has 2 N–H and O–H groups in total. The van der Waals surface area contributed by atoms with E-state index in [9.17, 15) is 13.2 Å². The third kappa shape index (κ3) is 4.12. The monoisotopic (exact) mass is 349 g/mol. The molecule has 0 atom stereocenters. The molecule has 0 radical (unpaired) electrons. The van der Waals surface area contributed by atoms with E-state index in [1.807, 2.05) is 32.0 Å². The summed E-state index contributed by atoms with van der Waals surface area (Å²) in [5.41, 5.74) is 2.94. The van der Waals surface area contributed by atoms with Crippen LogP contribution in [0.2, 0.25) is 0 Å². The predicted molar refractivity (Wildman–Crippen MR) is 89.4 cm³/mol. The van der Waals surface area contributed by atoms with E-state index in [4.69, 9.17) is 14.6 Å². The predicted octanol–water partition coefficient (Wildman–Crippen LogP) is 2.32. The van der Waals surface area contributed by atoms with Crippen LogP contribution in [0.1, 0.15) is 27.0 Å². The van der Waals surface area contributed by atoms with Gasteiger partial charge in [0.2, 0.25) is 10.0 Å². The summed E-state index contributed by atoms with van der Waals surface area (Å²) in [6.07, 6.45) is 0. The van der Waals surface area contributed by atoms with Crippen molar-refractivity contribution < 1.29 is 22.7 Å². The number of esters is 1. The van der Waals surface area contributed by atoms with E-state index >= 15 is 0 Å². The highest BCUT2D eigenvalue weighted by atomic mass is 32.2. The second-order valence-corrected chi connectivity index (χ2v) is 6.97. The van der Waals surface area contributed by atoms with Crippen LogP contribution in [-0.2, 0) is 21.4 Å². The number of primary sulfonamides is 1. The van der Waals surface area contributed by atoms with Gasteiger partial charge in [-0.2, -0.15) is 0 Å². The van der Waals surface area contributed by atoms with Gasteiger partial charge in [-0.15, -0.1) is 0 Å². The van der Waals surface area contributed by atoms with Crippen LogP contribution in [0.25, 0.3) is 0 Å². The summed E-state index contributed by atoms with van der Waals surface area (Å²) in [6.45, 7) is 3.95. The molecule has 0 spiro atoms. The van der Waals surface area contributed by atoms with Crippen LogP contribution < -0.4 is 9.88 Å². The van der Waals surface area contributed by atoms with Gasteiger partial charge in [0.1, 0.15) is 17.9 Å². The number of hydrogen-bond donors (Lipinski definition) is 1. The Hall–Kier alpha value is -2.38. The van der Waals surface area contributed by atoms with E-state index in [1.54, 1.807) is 0 Å². The fourth-order valence-corrected chi connectivity index (χ4v) is 2.74. The Bertz CT molecular complexity index is 875. The highest BCUT2D eigenvalue weighted by molar-refractivity contribution is 7.89. The van der Waals surface area contributed by atoms with Gasteiger partial charge in [-0.05, 0) is 43.2 Å². The van der Waals surface area contributed by atoms with Gasteiger partial charge < -0.3 is 9.47 Å². The van der Waals surface area contributed by atoms with E-state index in [1.165, 1.54) is 19.2 Å². The SMILES string of the molecule is COc1ccc(S(N)(=O)=O)cc1C(=O)OCc1cc(C)ccc1C. The molecule has 2 aromatic rings. The molecule has 7 heteroatoms. The molecule has 0 aliphatic carbocycles. The lowest BCUT2D eigenvalue weighted by Gasteiger charge is -2.11. The largest absolute Gasteiger partial charge is 0.496 e. The van der Waals surface area contributed by atoms with E-state index in [0.29, 0.717) is 0 Å². The summed E-state index contributed by atoms with van der Waals surface area (Å²) >= 11 is 0. The molecule has 24 heavy (non-hydrogen) atoms. The Labute approximate surface area is 141 Å². The zero-order valence-corrected chi connectivity index (χ0v) is 14.5. The standard InChI is InChI=1S/C17H19NO5S/c1-11-4-5-12(2)13(8-11)10-23-17(19)15-9-14(24(18,20)21)6-7-16(15)22-3/h4-9H,10H2,1-3H3,(H2,18,20,21). The van der Waals surface area contributed by atoms with Gasteiger partial charge >= 0.3 is 5.97 Å². The first-order chi connectivity index (χ1) is 11.2. The average molecular weight is 349 g/mol. The molecule has 0 bridgehead atoms. The summed E-state index contributed by atoms with van der Waals surface area (Å²) in [4.78, 5) is 12.2. The van der Waals surface area contributed by atoms with Crippen molar-refractivity contribution in [3.63, 3.8) is 0 Å². The first-order valence-electron chi connectivity index (χ1n) is 7.16. The van der Waals surface area contributed by atoms with Crippen molar-refractivity contribution in [2.45, 2.75) is 25.3 Å². The lowest BCUT2D eigenvalue weighted by molar-refractivity contribution is 0.0468. The molecule has 2 rings (SSSR count). The van der Waals surface area contributed by atoms with Crippen LogP contribution in [0.5, 0.6) is 5.75 Å².